The predicted octanol–water partition coefficient (Wildman–Crippen LogP) is 2.20. The van der Waals surface area contributed by atoms with Crippen LogP contribution in [0.3, 0.4) is 0 Å². The Morgan fingerprint density at radius 2 is 1.92 bits per heavy atom. The van der Waals surface area contributed by atoms with Crippen molar-refractivity contribution < 1.29 is 4.92 Å². The van der Waals surface area contributed by atoms with Crippen molar-refractivity contribution in [3.8, 4) is 0 Å². The van der Waals surface area contributed by atoms with Gasteiger partial charge in [-0.05, 0) is 6.07 Å². The van der Waals surface area contributed by atoms with E-state index in [2.05, 4.69) is 10.6 Å². The maximum Gasteiger partial charge on any atom is 0.290 e. The first-order valence-electron chi connectivity index (χ1n) is 3.51. The van der Waals surface area contributed by atoms with Gasteiger partial charge in [0, 0.05) is 6.07 Å². The van der Waals surface area contributed by atoms with E-state index in [4.69, 9.17) is 11.6 Å². The third-order valence-corrected chi connectivity index (χ3v) is 2.04. The lowest BCUT2D eigenvalue weighted by Crippen LogP contribution is -1.90. The summed E-state index contributed by atoms with van der Waals surface area (Å²) in [6.45, 7) is 1.59. The standard InChI is InChI=1S/C7H5ClN3O2/c8-4-1-5-6(10-3-9-5)2-7(4)11(12)13/h1-3,9-10H. The normalized spacial score (nSPS) is 13.0. The van der Waals surface area contributed by atoms with Crippen LogP contribution in [0.2, 0.25) is 5.02 Å². The molecule has 67 valence electrons. The van der Waals surface area contributed by atoms with Crippen LogP contribution in [0.25, 0.3) is 0 Å². The van der Waals surface area contributed by atoms with Gasteiger partial charge in [-0.3, -0.25) is 10.1 Å². The van der Waals surface area contributed by atoms with Crippen LogP contribution in [0, 0.1) is 16.8 Å². The predicted molar refractivity (Wildman–Crippen MR) is 49.7 cm³/mol. The Morgan fingerprint density at radius 3 is 2.54 bits per heavy atom. The summed E-state index contributed by atoms with van der Waals surface area (Å²) in [5.41, 5.74) is 1.32. The highest BCUT2D eigenvalue weighted by Crippen LogP contribution is 2.36. The zero-order chi connectivity index (χ0) is 9.42. The molecular weight excluding hydrogens is 194 g/mol. The van der Waals surface area contributed by atoms with E-state index in [0.717, 1.165) is 5.69 Å². The van der Waals surface area contributed by atoms with Crippen molar-refractivity contribution in [2.75, 3.05) is 10.6 Å². The van der Waals surface area contributed by atoms with Crippen molar-refractivity contribution in [1.29, 1.82) is 0 Å². The summed E-state index contributed by atoms with van der Waals surface area (Å²) >= 11 is 5.68. The van der Waals surface area contributed by atoms with E-state index in [1.807, 2.05) is 0 Å². The number of fused-ring (bicyclic) bond motifs is 1. The minimum atomic E-state index is -0.511. The van der Waals surface area contributed by atoms with Crippen LogP contribution in [0.4, 0.5) is 17.1 Å². The highest BCUT2D eigenvalue weighted by molar-refractivity contribution is 6.33. The molecule has 2 N–H and O–H groups in total. The van der Waals surface area contributed by atoms with Gasteiger partial charge < -0.3 is 10.6 Å². The largest absolute Gasteiger partial charge is 0.360 e. The molecule has 0 amide bonds. The summed E-state index contributed by atoms with van der Waals surface area (Å²) in [5, 5.41) is 16.3. The second-order valence-electron chi connectivity index (χ2n) is 2.54. The van der Waals surface area contributed by atoms with Crippen LogP contribution in [-0.4, -0.2) is 4.92 Å². The van der Waals surface area contributed by atoms with Crippen LogP contribution in [0.1, 0.15) is 0 Å². The molecule has 0 fully saturated rings. The molecular formula is C7H5ClN3O2. The van der Waals surface area contributed by atoms with E-state index in [-0.39, 0.29) is 10.7 Å². The molecule has 0 aromatic heterocycles. The number of hydrogen-bond donors (Lipinski definition) is 2. The van der Waals surface area contributed by atoms with E-state index >= 15 is 0 Å². The molecule has 1 heterocycles. The summed E-state index contributed by atoms with van der Waals surface area (Å²) in [7, 11) is 0. The molecule has 0 bridgehead atoms. The Balaban J connectivity index is 2.55. The second-order valence-corrected chi connectivity index (χ2v) is 2.95. The number of hydrogen-bond acceptors (Lipinski definition) is 4. The minimum absolute atomic E-state index is 0.0926. The van der Waals surface area contributed by atoms with Gasteiger partial charge in [-0.1, -0.05) is 11.6 Å². The lowest BCUT2D eigenvalue weighted by molar-refractivity contribution is -0.384. The molecule has 0 unspecified atom stereocenters. The molecule has 2 rings (SSSR count). The van der Waals surface area contributed by atoms with Crippen molar-refractivity contribution in [3.05, 3.63) is 33.9 Å². The minimum Gasteiger partial charge on any atom is -0.360 e. The molecule has 1 aromatic carbocycles. The summed E-state index contributed by atoms with van der Waals surface area (Å²) in [5.74, 6) is 0. The smallest absolute Gasteiger partial charge is 0.290 e. The Morgan fingerprint density at radius 1 is 1.31 bits per heavy atom. The van der Waals surface area contributed by atoms with Crippen molar-refractivity contribution in [3.63, 3.8) is 0 Å². The van der Waals surface area contributed by atoms with Gasteiger partial charge in [0.15, 0.2) is 0 Å². The molecule has 0 saturated heterocycles. The van der Waals surface area contributed by atoms with Gasteiger partial charge in [-0.15, -0.1) is 0 Å². The van der Waals surface area contributed by atoms with Gasteiger partial charge in [0.1, 0.15) is 11.7 Å². The maximum absolute atomic E-state index is 10.5. The van der Waals surface area contributed by atoms with Crippen LogP contribution < -0.4 is 10.6 Å². The van der Waals surface area contributed by atoms with E-state index in [0.29, 0.717) is 5.69 Å². The van der Waals surface area contributed by atoms with Crippen LogP contribution in [0.15, 0.2) is 12.1 Å². The fraction of sp³-hybridized carbons (Fsp3) is 0. The molecule has 13 heavy (non-hydrogen) atoms. The lowest BCUT2D eigenvalue weighted by Gasteiger charge is -1.99. The van der Waals surface area contributed by atoms with Crippen molar-refractivity contribution in [2.24, 2.45) is 0 Å². The third-order valence-electron chi connectivity index (χ3n) is 1.74. The Labute approximate surface area is 78.8 Å². The highest BCUT2D eigenvalue weighted by atomic mass is 35.5. The molecule has 0 spiro atoms. The summed E-state index contributed by atoms with van der Waals surface area (Å²) in [6, 6.07) is 2.92. The topological polar surface area (TPSA) is 67.2 Å². The number of nitro benzene ring substituents is 1. The van der Waals surface area contributed by atoms with Gasteiger partial charge in [-0.25, -0.2) is 0 Å². The van der Waals surface area contributed by atoms with Gasteiger partial charge in [0.2, 0.25) is 0 Å². The number of nitrogens with one attached hydrogen (secondary N) is 2. The zero-order valence-corrected chi connectivity index (χ0v) is 7.13. The fourth-order valence-electron chi connectivity index (χ4n) is 1.13. The average Bonchev–Trinajstić information content (AvgIpc) is 2.48. The van der Waals surface area contributed by atoms with Gasteiger partial charge in [0.25, 0.3) is 5.69 Å². The van der Waals surface area contributed by atoms with Crippen molar-refractivity contribution in [1.82, 2.24) is 0 Å². The highest BCUT2D eigenvalue weighted by Gasteiger charge is 2.19. The Kier molecular flexibility index (Phi) is 1.73. The summed E-state index contributed by atoms with van der Waals surface area (Å²) in [6.07, 6.45) is 0. The molecule has 5 nitrogen and oxygen atoms in total. The summed E-state index contributed by atoms with van der Waals surface area (Å²) in [4.78, 5) is 9.97. The van der Waals surface area contributed by atoms with Crippen molar-refractivity contribution >= 4 is 28.7 Å². The molecule has 6 heteroatoms. The SMILES string of the molecule is O=[N+]([O-])c1cc2c(cc1Cl)N[CH]N2. The van der Waals surface area contributed by atoms with E-state index in [9.17, 15) is 10.1 Å². The monoisotopic (exact) mass is 198 g/mol. The number of rotatable bonds is 1. The third kappa shape index (κ3) is 1.27. The Bertz CT molecular complexity index is 380. The van der Waals surface area contributed by atoms with E-state index < -0.39 is 4.92 Å². The molecule has 1 aromatic rings. The lowest BCUT2D eigenvalue weighted by atomic mass is 10.2. The van der Waals surface area contributed by atoms with Crippen molar-refractivity contribution in [2.45, 2.75) is 0 Å². The number of benzene rings is 1. The van der Waals surface area contributed by atoms with E-state index in [1.54, 1.807) is 6.67 Å². The maximum atomic E-state index is 10.5. The van der Waals surface area contributed by atoms with Gasteiger partial charge in [0.05, 0.1) is 16.3 Å². The molecule has 1 radical (unpaired) electrons. The first-order valence-corrected chi connectivity index (χ1v) is 3.89. The number of nitro groups is 1. The quantitative estimate of drug-likeness (QED) is 0.536. The Hall–Kier alpha value is -1.49. The van der Waals surface area contributed by atoms with Crippen LogP contribution in [-0.2, 0) is 0 Å². The molecule has 1 aliphatic heterocycles. The fourth-order valence-corrected chi connectivity index (χ4v) is 1.36. The number of nitrogens with zero attached hydrogens (tertiary/aromatic N) is 1. The number of anilines is 2. The van der Waals surface area contributed by atoms with Gasteiger partial charge in [-0.2, -0.15) is 0 Å². The number of halogens is 1. The first-order chi connectivity index (χ1) is 6.18. The summed E-state index contributed by atoms with van der Waals surface area (Å²) < 4.78 is 0. The molecule has 0 aliphatic carbocycles. The first kappa shape index (κ1) is 8.12. The van der Waals surface area contributed by atoms with Gasteiger partial charge >= 0.3 is 0 Å². The zero-order valence-electron chi connectivity index (χ0n) is 6.37. The van der Waals surface area contributed by atoms with E-state index in [1.165, 1.54) is 12.1 Å². The molecule has 0 saturated carbocycles. The molecule has 0 atom stereocenters. The second kappa shape index (κ2) is 2.77. The van der Waals surface area contributed by atoms with Crippen LogP contribution in [0.5, 0.6) is 0 Å². The van der Waals surface area contributed by atoms with Crippen LogP contribution >= 0.6 is 11.6 Å². The average molecular weight is 199 g/mol. The molecule has 1 aliphatic rings.